The Kier molecular flexibility index (Phi) is 3.66. The summed E-state index contributed by atoms with van der Waals surface area (Å²) in [6.07, 6.45) is 1.91. The number of hydrogen-bond acceptors (Lipinski definition) is 5. The number of aryl methyl sites for hydroxylation is 1. The van der Waals surface area contributed by atoms with Crippen molar-refractivity contribution in [3.8, 4) is 11.5 Å². The first-order valence-electron chi connectivity index (χ1n) is 8.86. The van der Waals surface area contributed by atoms with Gasteiger partial charge in [-0.2, -0.15) is 0 Å². The van der Waals surface area contributed by atoms with Crippen molar-refractivity contribution in [2.75, 3.05) is 18.2 Å². The number of nitrogens with one attached hydrogen (secondary N) is 1. The number of fused-ring (bicyclic) bond motifs is 1. The molecule has 2 aromatic rings. The Morgan fingerprint density at radius 1 is 1.07 bits per heavy atom. The summed E-state index contributed by atoms with van der Waals surface area (Å²) in [7, 11) is -3.69. The molecular weight excluding hydrogens is 368 g/mol. The van der Waals surface area contributed by atoms with Gasteiger partial charge in [-0.3, -0.25) is 4.79 Å². The van der Waals surface area contributed by atoms with Crippen LogP contribution in [0.5, 0.6) is 11.5 Å². The average Bonchev–Trinajstić information content (AvgIpc) is 3.25. The van der Waals surface area contributed by atoms with Crippen LogP contribution in [0.2, 0.25) is 0 Å². The Labute approximate surface area is 156 Å². The normalized spacial score (nSPS) is 17.3. The highest BCUT2D eigenvalue weighted by Crippen LogP contribution is 2.38. The molecule has 0 saturated heterocycles. The molecule has 2 aromatic carbocycles. The van der Waals surface area contributed by atoms with Crippen LogP contribution in [0.3, 0.4) is 0 Å². The predicted octanol–water partition coefficient (Wildman–Crippen LogP) is 1.73. The van der Waals surface area contributed by atoms with Crippen molar-refractivity contribution in [2.45, 2.75) is 30.7 Å². The molecule has 5 rings (SSSR count). The van der Waals surface area contributed by atoms with Gasteiger partial charge in [0, 0.05) is 13.1 Å². The van der Waals surface area contributed by atoms with Gasteiger partial charge in [0.1, 0.15) is 0 Å². The molecule has 140 valence electrons. The SMILES string of the molecule is O=C1Cc2cc(S(=O)(=O)NCc3ccc4c(c3)OCO4)cc3c2N1CCC3. The number of anilines is 1. The van der Waals surface area contributed by atoms with Gasteiger partial charge >= 0.3 is 0 Å². The fraction of sp³-hybridized carbons (Fsp3) is 0.316. The molecule has 3 heterocycles. The van der Waals surface area contributed by atoms with E-state index in [0.29, 0.717) is 18.0 Å². The third-order valence-corrected chi connectivity index (χ3v) is 6.58. The topological polar surface area (TPSA) is 84.9 Å². The van der Waals surface area contributed by atoms with E-state index in [1.807, 2.05) is 0 Å². The Hall–Kier alpha value is -2.58. The molecule has 0 saturated carbocycles. The van der Waals surface area contributed by atoms with Crippen LogP contribution in [0.15, 0.2) is 35.2 Å². The minimum atomic E-state index is -3.69. The lowest BCUT2D eigenvalue weighted by Crippen LogP contribution is -2.31. The van der Waals surface area contributed by atoms with Crippen molar-refractivity contribution >= 4 is 21.6 Å². The monoisotopic (exact) mass is 386 g/mol. The summed E-state index contributed by atoms with van der Waals surface area (Å²) in [5.74, 6) is 1.33. The number of rotatable bonds is 4. The minimum absolute atomic E-state index is 0.0498. The summed E-state index contributed by atoms with van der Waals surface area (Å²) in [6.45, 7) is 1.04. The highest BCUT2D eigenvalue weighted by molar-refractivity contribution is 7.89. The highest BCUT2D eigenvalue weighted by atomic mass is 32.2. The van der Waals surface area contributed by atoms with E-state index in [2.05, 4.69) is 4.72 Å². The quantitative estimate of drug-likeness (QED) is 0.865. The van der Waals surface area contributed by atoms with Crippen LogP contribution >= 0.6 is 0 Å². The average molecular weight is 386 g/mol. The number of sulfonamides is 1. The minimum Gasteiger partial charge on any atom is -0.454 e. The zero-order chi connectivity index (χ0) is 18.6. The maximum atomic E-state index is 12.8. The molecule has 0 atom stereocenters. The van der Waals surface area contributed by atoms with Gasteiger partial charge in [0.05, 0.1) is 17.0 Å². The molecule has 0 bridgehead atoms. The first-order valence-corrected chi connectivity index (χ1v) is 10.3. The van der Waals surface area contributed by atoms with Gasteiger partial charge in [0.2, 0.25) is 22.7 Å². The molecule has 27 heavy (non-hydrogen) atoms. The van der Waals surface area contributed by atoms with Crippen molar-refractivity contribution in [3.05, 3.63) is 47.0 Å². The second-order valence-electron chi connectivity index (χ2n) is 6.93. The lowest BCUT2D eigenvalue weighted by molar-refractivity contribution is -0.117. The van der Waals surface area contributed by atoms with E-state index in [0.717, 1.165) is 35.2 Å². The fourth-order valence-electron chi connectivity index (χ4n) is 3.91. The molecule has 8 heteroatoms. The third-order valence-electron chi connectivity index (χ3n) is 5.20. The van der Waals surface area contributed by atoms with E-state index in [9.17, 15) is 13.2 Å². The maximum absolute atomic E-state index is 12.8. The Balaban J connectivity index is 1.41. The van der Waals surface area contributed by atoms with Crippen LogP contribution < -0.4 is 19.1 Å². The van der Waals surface area contributed by atoms with Crippen LogP contribution in [-0.4, -0.2) is 27.7 Å². The van der Waals surface area contributed by atoms with E-state index in [1.165, 1.54) is 0 Å². The number of amides is 1. The second-order valence-corrected chi connectivity index (χ2v) is 8.69. The van der Waals surface area contributed by atoms with Crippen LogP contribution in [0.25, 0.3) is 0 Å². The zero-order valence-corrected chi connectivity index (χ0v) is 15.3. The van der Waals surface area contributed by atoms with E-state index in [4.69, 9.17) is 9.47 Å². The van der Waals surface area contributed by atoms with E-state index in [1.54, 1.807) is 35.2 Å². The first-order chi connectivity index (χ1) is 13.0. The molecule has 7 nitrogen and oxygen atoms in total. The van der Waals surface area contributed by atoms with Crippen molar-refractivity contribution in [1.29, 1.82) is 0 Å². The molecular formula is C19H18N2O5S. The van der Waals surface area contributed by atoms with Gasteiger partial charge in [-0.1, -0.05) is 6.07 Å². The predicted molar refractivity (Wildman–Crippen MR) is 97.4 cm³/mol. The van der Waals surface area contributed by atoms with Crippen molar-refractivity contribution in [2.24, 2.45) is 0 Å². The number of hydrogen-bond donors (Lipinski definition) is 1. The number of benzene rings is 2. The summed E-state index contributed by atoms with van der Waals surface area (Å²) in [6, 6.07) is 8.67. The maximum Gasteiger partial charge on any atom is 0.240 e. The number of ether oxygens (including phenoxy) is 2. The molecule has 0 spiro atoms. The smallest absolute Gasteiger partial charge is 0.240 e. The molecule has 3 aliphatic rings. The molecule has 3 aliphatic heterocycles. The molecule has 0 fully saturated rings. The second kappa shape index (κ2) is 5.97. The lowest BCUT2D eigenvalue weighted by Gasteiger charge is -2.26. The summed E-state index contributed by atoms with van der Waals surface area (Å²) < 4.78 is 38.9. The fourth-order valence-corrected chi connectivity index (χ4v) is 5.03. The molecule has 0 unspecified atom stereocenters. The zero-order valence-electron chi connectivity index (χ0n) is 14.5. The largest absolute Gasteiger partial charge is 0.454 e. The molecule has 1 N–H and O–H groups in total. The highest BCUT2D eigenvalue weighted by Gasteiger charge is 2.33. The molecule has 0 radical (unpaired) electrons. The Morgan fingerprint density at radius 2 is 1.89 bits per heavy atom. The summed E-state index contributed by atoms with van der Waals surface area (Å²) in [4.78, 5) is 14.2. The van der Waals surface area contributed by atoms with Gasteiger partial charge in [0.25, 0.3) is 0 Å². The van der Waals surface area contributed by atoms with E-state index < -0.39 is 10.0 Å². The van der Waals surface area contributed by atoms with Gasteiger partial charge in [-0.15, -0.1) is 0 Å². The number of nitrogens with zero attached hydrogens (tertiary/aromatic N) is 1. The van der Waals surface area contributed by atoms with Gasteiger partial charge in [0.15, 0.2) is 11.5 Å². The van der Waals surface area contributed by atoms with Crippen molar-refractivity contribution in [1.82, 2.24) is 4.72 Å². The van der Waals surface area contributed by atoms with Crippen LogP contribution in [0, 0.1) is 0 Å². The summed E-state index contributed by atoms with van der Waals surface area (Å²) in [5.41, 5.74) is 3.45. The van der Waals surface area contributed by atoms with Crippen molar-refractivity contribution < 1.29 is 22.7 Å². The molecule has 1 amide bonds. The Bertz CT molecular complexity index is 1060. The van der Waals surface area contributed by atoms with Gasteiger partial charge < -0.3 is 14.4 Å². The molecule has 0 aromatic heterocycles. The number of carbonyl (C=O) groups is 1. The standard InChI is InChI=1S/C19H18N2O5S/c22-18-9-14-8-15(7-13-2-1-5-21(18)19(13)14)27(23,24)20-10-12-3-4-16-17(6-12)26-11-25-16/h3-4,6-8,20H,1-2,5,9-11H2. The van der Waals surface area contributed by atoms with Crippen molar-refractivity contribution in [3.63, 3.8) is 0 Å². The van der Waals surface area contributed by atoms with Crippen LogP contribution in [0.4, 0.5) is 5.69 Å². The van der Waals surface area contributed by atoms with Gasteiger partial charge in [-0.05, 0) is 53.8 Å². The summed E-state index contributed by atoms with van der Waals surface area (Å²) in [5, 5.41) is 0. The number of carbonyl (C=O) groups excluding carboxylic acids is 1. The van der Waals surface area contributed by atoms with Gasteiger partial charge in [-0.25, -0.2) is 13.1 Å². The third kappa shape index (κ3) is 2.76. The Morgan fingerprint density at radius 3 is 2.78 bits per heavy atom. The lowest BCUT2D eigenvalue weighted by atomic mass is 10.0. The van der Waals surface area contributed by atoms with Crippen LogP contribution in [0.1, 0.15) is 23.1 Å². The van der Waals surface area contributed by atoms with E-state index >= 15 is 0 Å². The summed E-state index contributed by atoms with van der Waals surface area (Å²) >= 11 is 0. The first kappa shape index (κ1) is 16.6. The van der Waals surface area contributed by atoms with E-state index in [-0.39, 0.29) is 30.6 Å². The van der Waals surface area contributed by atoms with Crippen LogP contribution in [-0.2, 0) is 34.2 Å². The molecule has 0 aliphatic carbocycles.